The lowest BCUT2D eigenvalue weighted by Crippen LogP contribution is -2.54. The molecule has 2 heterocycles. The van der Waals surface area contributed by atoms with Crippen molar-refractivity contribution in [1.82, 2.24) is 9.80 Å². The van der Waals surface area contributed by atoms with Crippen molar-refractivity contribution in [2.24, 2.45) is 5.41 Å². The number of carbonyl (C=O) groups is 2. The first-order valence-corrected chi connectivity index (χ1v) is 5.10. The molecule has 1 N–H and O–H groups in total. The maximum absolute atomic E-state index is 11.8. The molecule has 15 heavy (non-hydrogen) atoms. The van der Waals surface area contributed by atoms with E-state index >= 15 is 0 Å². The molecule has 0 spiro atoms. The van der Waals surface area contributed by atoms with Crippen LogP contribution in [0, 0.1) is 5.41 Å². The molecule has 84 valence electrons. The van der Waals surface area contributed by atoms with E-state index in [-0.39, 0.29) is 29.8 Å². The number of aliphatic hydroxyl groups is 1. The summed E-state index contributed by atoms with van der Waals surface area (Å²) < 4.78 is 0. The first-order valence-electron chi connectivity index (χ1n) is 5.10. The lowest BCUT2D eigenvalue weighted by atomic mass is 9.86. The minimum Gasteiger partial charge on any atom is -0.390 e. The molecule has 2 saturated heterocycles. The van der Waals surface area contributed by atoms with Crippen LogP contribution in [0.4, 0.5) is 4.79 Å². The van der Waals surface area contributed by atoms with E-state index in [0.29, 0.717) is 6.54 Å². The van der Waals surface area contributed by atoms with Gasteiger partial charge in [-0.05, 0) is 0 Å². The van der Waals surface area contributed by atoms with Gasteiger partial charge in [-0.2, -0.15) is 0 Å². The number of hydrogen-bond donors (Lipinski definition) is 1. The predicted molar refractivity (Wildman–Crippen MR) is 53.1 cm³/mol. The molecule has 3 amide bonds. The van der Waals surface area contributed by atoms with Crippen LogP contribution in [-0.2, 0) is 4.79 Å². The zero-order chi connectivity index (χ0) is 11.4. The summed E-state index contributed by atoms with van der Waals surface area (Å²) in [5.74, 6) is -0.210. The smallest absolute Gasteiger partial charge is 0.326 e. The van der Waals surface area contributed by atoms with Crippen LogP contribution in [-0.4, -0.2) is 52.6 Å². The molecule has 2 aliphatic rings. The summed E-state index contributed by atoms with van der Waals surface area (Å²) in [7, 11) is 1.48. The van der Waals surface area contributed by atoms with Crippen LogP contribution in [0.15, 0.2) is 0 Å². The van der Waals surface area contributed by atoms with Crippen molar-refractivity contribution in [3.8, 4) is 0 Å². The Balaban J connectivity index is 2.30. The van der Waals surface area contributed by atoms with E-state index in [1.807, 2.05) is 13.8 Å². The molecule has 2 atom stereocenters. The minimum atomic E-state index is -0.612. The average molecular weight is 212 g/mol. The van der Waals surface area contributed by atoms with Crippen molar-refractivity contribution >= 4 is 11.9 Å². The number of amides is 3. The molecule has 0 aromatic rings. The summed E-state index contributed by atoms with van der Waals surface area (Å²) in [6.07, 6.45) is -0.383. The van der Waals surface area contributed by atoms with E-state index in [1.54, 1.807) is 4.90 Å². The number of carbonyl (C=O) groups excluding carboxylic acids is 2. The second-order valence-electron chi connectivity index (χ2n) is 5.07. The van der Waals surface area contributed by atoms with Gasteiger partial charge in [-0.25, -0.2) is 4.79 Å². The van der Waals surface area contributed by atoms with Crippen molar-refractivity contribution in [2.75, 3.05) is 13.6 Å². The Labute approximate surface area is 88.6 Å². The molecular formula is C10H16N2O3. The van der Waals surface area contributed by atoms with Crippen molar-refractivity contribution in [3.63, 3.8) is 0 Å². The molecule has 5 nitrogen and oxygen atoms in total. The van der Waals surface area contributed by atoms with Gasteiger partial charge in [0.05, 0.1) is 18.6 Å². The van der Waals surface area contributed by atoms with Crippen molar-refractivity contribution in [3.05, 3.63) is 0 Å². The van der Waals surface area contributed by atoms with Gasteiger partial charge in [0.15, 0.2) is 0 Å². The summed E-state index contributed by atoms with van der Waals surface area (Å²) in [6, 6.07) is -0.628. The van der Waals surface area contributed by atoms with Crippen molar-refractivity contribution < 1.29 is 14.7 Å². The maximum atomic E-state index is 11.8. The number of hydrogen-bond acceptors (Lipinski definition) is 3. The zero-order valence-electron chi connectivity index (χ0n) is 9.23. The average Bonchev–Trinajstić information content (AvgIpc) is 2.38. The van der Waals surface area contributed by atoms with Crippen LogP contribution >= 0.6 is 0 Å². The maximum Gasteiger partial charge on any atom is 0.326 e. The highest BCUT2D eigenvalue weighted by Gasteiger charge is 2.52. The highest BCUT2D eigenvalue weighted by Crippen LogP contribution is 2.38. The van der Waals surface area contributed by atoms with E-state index in [2.05, 4.69) is 0 Å². The molecule has 2 fully saturated rings. The Bertz CT molecular complexity index is 327. The second-order valence-corrected chi connectivity index (χ2v) is 5.07. The van der Waals surface area contributed by atoms with Gasteiger partial charge in [0.25, 0.3) is 0 Å². The fourth-order valence-corrected chi connectivity index (χ4v) is 2.39. The molecule has 0 radical (unpaired) electrons. The fraction of sp³-hybridized carbons (Fsp3) is 0.800. The summed E-state index contributed by atoms with van der Waals surface area (Å²) in [5, 5.41) is 10.0. The monoisotopic (exact) mass is 212 g/mol. The van der Waals surface area contributed by atoms with Gasteiger partial charge >= 0.3 is 6.03 Å². The van der Waals surface area contributed by atoms with Gasteiger partial charge in [0.2, 0.25) is 5.91 Å². The third-order valence-corrected chi connectivity index (χ3v) is 3.43. The van der Waals surface area contributed by atoms with Crippen LogP contribution in [0.3, 0.4) is 0 Å². The van der Waals surface area contributed by atoms with Gasteiger partial charge < -0.3 is 10.0 Å². The van der Waals surface area contributed by atoms with Gasteiger partial charge in [0.1, 0.15) is 0 Å². The first kappa shape index (κ1) is 10.4. The Hall–Kier alpha value is -1.10. The molecule has 0 saturated carbocycles. The van der Waals surface area contributed by atoms with Gasteiger partial charge in [0, 0.05) is 19.0 Å². The summed E-state index contributed by atoms with van der Waals surface area (Å²) >= 11 is 0. The lowest BCUT2D eigenvalue weighted by Gasteiger charge is -2.34. The van der Waals surface area contributed by atoms with E-state index in [1.165, 1.54) is 7.05 Å². The molecule has 0 aromatic heterocycles. The molecule has 0 aromatic carbocycles. The Morgan fingerprint density at radius 2 is 2.00 bits per heavy atom. The topological polar surface area (TPSA) is 60.9 Å². The van der Waals surface area contributed by atoms with E-state index in [4.69, 9.17) is 0 Å². The SMILES string of the molecule is CN1C(=O)CC2C(O)C(C)(C)CN2C1=O. The number of urea groups is 1. The molecule has 0 aliphatic carbocycles. The van der Waals surface area contributed by atoms with E-state index in [0.717, 1.165) is 4.90 Å². The quantitative estimate of drug-likeness (QED) is 0.616. The fourth-order valence-electron chi connectivity index (χ4n) is 2.39. The Morgan fingerprint density at radius 3 is 2.60 bits per heavy atom. The van der Waals surface area contributed by atoms with Gasteiger partial charge in [-0.15, -0.1) is 0 Å². The van der Waals surface area contributed by atoms with Gasteiger partial charge in [-0.3, -0.25) is 9.69 Å². The van der Waals surface area contributed by atoms with Crippen LogP contribution in [0.2, 0.25) is 0 Å². The van der Waals surface area contributed by atoms with E-state index < -0.39 is 6.10 Å². The number of aliphatic hydroxyl groups excluding tert-OH is 1. The molecular weight excluding hydrogens is 196 g/mol. The summed E-state index contributed by atoms with van der Waals surface area (Å²) in [4.78, 5) is 26.0. The lowest BCUT2D eigenvalue weighted by molar-refractivity contribution is -0.132. The highest BCUT2D eigenvalue weighted by molar-refractivity contribution is 5.97. The standard InChI is InChI=1S/C10H16N2O3/c1-10(2)5-12-6(8(10)14)4-7(13)11(3)9(12)15/h6,8,14H,4-5H2,1-3H3. The Morgan fingerprint density at radius 1 is 1.40 bits per heavy atom. The molecule has 5 heteroatoms. The van der Waals surface area contributed by atoms with Crippen LogP contribution in [0.5, 0.6) is 0 Å². The first-order chi connectivity index (χ1) is 6.84. The third-order valence-electron chi connectivity index (χ3n) is 3.43. The van der Waals surface area contributed by atoms with Crippen molar-refractivity contribution in [2.45, 2.75) is 32.4 Å². The largest absolute Gasteiger partial charge is 0.390 e. The third kappa shape index (κ3) is 1.33. The Kier molecular flexibility index (Phi) is 2.05. The minimum absolute atomic E-state index is 0.210. The molecule has 2 aliphatic heterocycles. The molecule has 0 bridgehead atoms. The number of nitrogens with zero attached hydrogens (tertiary/aromatic N) is 2. The number of imide groups is 1. The normalized spacial score (nSPS) is 34.7. The summed E-state index contributed by atoms with van der Waals surface area (Å²) in [5.41, 5.74) is -0.328. The molecule has 2 rings (SSSR count). The van der Waals surface area contributed by atoms with Crippen LogP contribution < -0.4 is 0 Å². The van der Waals surface area contributed by atoms with Crippen LogP contribution in [0.25, 0.3) is 0 Å². The van der Waals surface area contributed by atoms with Gasteiger partial charge in [-0.1, -0.05) is 13.8 Å². The predicted octanol–water partition coefficient (Wildman–Crippen LogP) is 0.0398. The number of rotatable bonds is 0. The highest BCUT2D eigenvalue weighted by atomic mass is 16.3. The van der Waals surface area contributed by atoms with Crippen LogP contribution in [0.1, 0.15) is 20.3 Å². The summed E-state index contributed by atoms with van der Waals surface area (Å²) in [6.45, 7) is 4.33. The van der Waals surface area contributed by atoms with Crippen molar-refractivity contribution in [1.29, 1.82) is 0 Å². The zero-order valence-corrected chi connectivity index (χ0v) is 9.23. The number of fused-ring (bicyclic) bond motifs is 1. The second kappa shape index (κ2) is 2.95. The molecule has 2 unspecified atom stereocenters. The van der Waals surface area contributed by atoms with E-state index in [9.17, 15) is 14.7 Å².